The highest BCUT2D eigenvalue weighted by molar-refractivity contribution is 14.1. The number of hydrogen-bond acceptors (Lipinski definition) is 7. The van der Waals surface area contributed by atoms with Crippen molar-refractivity contribution in [2.24, 2.45) is 17.8 Å². The number of allylic oxidation sites excluding steroid dienone is 2. The molecule has 2 fully saturated rings. The van der Waals surface area contributed by atoms with E-state index < -0.39 is 25.1 Å². The van der Waals surface area contributed by atoms with Crippen LogP contribution in [-0.4, -0.2) is 42.3 Å². The molecule has 10 heteroatoms. The number of hydrogen-bond donors (Lipinski definition) is 3. The van der Waals surface area contributed by atoms with E-state index >= 15 is 0 Å². The molecule has 2 heterocycles. The number of carbonyl (C=O) groups excluding carboxylic acids is 2. The maximum absolute atomic E-state index is 14.3. The highest BCUT2D eigenvalue weighted by atomic mass is 127. The maximum atomic E-state index is 14.3. The number of anilines is 3. The van der Waals surface area contributed by atoms with Crippen molar-refractivity contribution in [2.75, 3.05) is 17.3 Å². The summed E-state index contributed by atoms with van der Waals surface area (Å²) in [6.07, 6.45) is 4.42. The van der Waals surface area contributed by atoms with E-state index in [9.17, 15) is 19.7 Å². The summed E-state index contributed by atoms with van der Waals surface area (Å²) in [7, 11) is 0.488. The summed E-state index contributed by atoms with van der Waals surface area (Å²) in [5.74, 6) is -1.19. The summed E-state index contributed by atoms with van der Waals surface area (Å²) in [5.41, 5.74) is 7.59. The van der Waals surface area contributed by atoms with Gasteiger partial charge in [-0.05, 0) is 131 Å². The van der Waals surface area contributed by atoms with Crippen molar-refractivity contribution in [1.29, 1.82) is 0 Å². The topological polar surface area (TPSA) is 108 Å². The molecule has 0 saturated carbocycles. The smallest absolute Gasteiger partial charge is 0.455 e. The van der Waals surface area contributed by atoms with E-state index in [1.54, 1.807) is 0 Å². The molecule has 4 aromatic carbocycles. The Kier molecular flexibility index (Phi) is 10.4. The van der Waals surface area contributed by atoms with Gasteiger partial charge in [-0.25, -0.2) is 0 Å². The first-order valence-electron chi connectivity index (χ1n) is 17.4. The number of methoxy groups -OCH3 is 1. The van der Waals surface area contributed by atoms with Gasteiger partial charge in [0, 0.05) is 11.4 Å². The van der Waals surface area contributed by atoms with Crippen LogP contribution in [0.5, 0.6) is 11.5 Å². The Bertz CT molecular complexity index is 1980. The van der Waals surface area contributed by atoms with Crippen LogP contribution in [0.25, 0.3) is 11.6 Å². The molecule has 260 valence electrons. The highest BCUT2D eigenvalue weighted by Crippen LogP contribution is 2.52. The third kappa shape index (κ3) is 7.09. The van der Waals surface area contributed by atoms with E-state index in [4.69, 9.17) is 9.39 Å². The molecule has 1 aliphatic carbocycles. The molecule has 51 heavy (non-hydrogen) atoms. The lowest BCUT2D eigenvalue weighted by Crippen LogP contribution is -2.46. The number of ether oxygens (including phenoxy) is 1. The molecular formula is C41H40BIN2O6. The Hall–Kier alpha value is -4.39. The number of rotatable bonds is 10. The monoisotopic (exact) mass is 794 g/mol. The van der Waals surface area contributed by atoms with Gasteiger partial charge in [0.1, 0.15) is 0 Å². The van der Waals surface area contributed by atoms with E-state index in [1.165, 1.54) is 12.0 Å². The first-order chi connectivity index (χ1) is 24.7. The number of nitrogens with one attached hydrogen (secondary N) is 1. The number of halogens is 1. The summed E-state index contributed by atoms with van der Waals surface area (Å²) in [6.45, 7) is 2.09. The van der Waals surface area contributed by atoms with Crippen LogP contribution in [0.15, 0.2) is 108 Å². The van der Waals surface area contributed by atoms with Gasteiger partial charge >= 0.3 is 7.12 Å². The van der Waals surface area contributed by atoms with Crippen LogP contribution in [0.4, 0.5) is 17.1 Å². The number of para-hydroxylation sites is 1. The van der Waals surface area contributed by atoms with E-state index in [0.29, 0.717) is 34.3 Å². The van der Waals surface area contributed by atoms with E-state index in [-0.39, 0.29) is 29.8 Å². The molecule has 3 N–H and O–H groups in total. The van der Waals surface area contributed by atoms with Crippen LogP contribution in [0.2, 0.25) is 6.32 Å². The minimum absolute atomic E-state index is 0.109. The van der Waals surface area contributed by atoms with Gasteiger partial charge in [-0.1, -0.05) is 67.1 Å². The summed E-state index contributed by atoms with van der Waals surface area (Å²) in [6, 6.07) is 31.1. The first kappa shape index (κ1) is 35.0. The largest absolute Gasteiger partial charge is 0.504 e. The van der Waals surface area contributed by atoms with Crippen LogP contribution in [-0.2, 0) is 14.2 Å². The normalized spacial score (nSPS) is 21.8. The molecule has 2 amide bonds. The zero-order chi connectivity index (χ0) is 35.6. The number of phenols is 1. The predicted octanol–water partition coefficient (Wildman–Crippen LogP) is 8.48. The van der Waals surface area contributed by atoms with Crippen molar-refractivity contribution in [3.8, 4) is 11.5 Å². The second-order valence-electron chi connectivity index (χ2n) is 13.3. The van der Waals surface area contributed by atoms with Crippen LogP contribution < -0.4 is 15.0 Å². The fraction of sp³-hybridized carbons (Fsp3) is 0.268. The Morgan fingerprint density at radius 3 is 2.35 bits per heavy atom. The number of phenolic OH excluding ortho intramolecular Hbond substituents is 1. The number of aromatic hydroxyl groups is 1. The third-order valence-corrected chi connectivity index (χ3v) is 11.2. The fourth-order valence-corrected chi connectivity index (χ4v) is 8.64. The van der Waals surface area contributed by atoms with Crippen molar-refractivity contribution in [1.82, 2.24) is 0 Å². The Morgan fingerprint density at radius 2 is 1.67 bits per heavy atom. The maximum Gasteiger partial charge on any atom is 0.455 e. The number of amides is 2. The van der Waals surface area contributed by atoms with Gasteiger partial charge in [0.25, 0.3) is 0 Å². The zero-order valence-electron chi connectivity index (χ0n) is 28.6. The van der Waals surface area contributed by atoms with Crippen LogP contribution in [0, 0.1) is 21.3 Å². The third-order valence-electron chi connectivity index (χ3n) is 10.4. The van der Waals surface area contributed by atoms with Crippen LogP contribution >= 0.6 is 22.6 Å². The summed E-state index contributed by atoms with van der Waals surface area (Å²) in [4.78, 5) is 29.6. The molecule has 4 aromatic rings. The molecule has 8 nitrogen and oxygen atoms in total. The Balaban J connectivity index is 1.15. The minimum atomic E-state index is -1.05. The molecule has 3 aliphatic rings. The van der Waals surface area contributed by atoms with Gasteiger partial charge in [-0.15, -0.1) is 0 Å². The first-order valence-corrected chi connectivity index (χ1v) is 18.5. The molecule has 0 radical (unpaired) electrons. The van der Waals surface area contributed by atoms with Crippen LogP contribution in [0.1, 0.15) is 43.7 Å². The lowest BCUT2D eigenvalue weighted by molar-refractivity contribution is -0.122. The summed E-state index contributed by atoms with van der Waals surface area (Å²) < 4.78 is 12.4. The van der Waals surface area contributed by atoms with Gasteiger partial charge < -0.3 is 24.8 Å². The van der Waals surface area contributed by atoms with Crippen molar-refractivity contribution in [2.45, 2.75) is 45.0 Å². The average Bonchev–Trinajstić information content (AvgIpc) is 3.40. The van der Waals surface area contributed by atoms with Gasteiger partial charge in [-0.3, -0.25) is 14.5 Å². The standard InChI is InChI=1S/C41H40BIN2O6/c1-3-26-23-32-38(41(48)45(40(32)47)31-17-15-30(16-18-31)44-29-12-8-5-9-13-29)33-24-42(49)51-35(37(26)33)19-14-28(27-10-6-4-7-11-27)20-25-21-34(43)39(46)36(22-25)50-2/h4-13,15-18,20-22,32-33,35,38,44,46,49H,3,14,19,23-24H2,1-2H3/b28-20-/t32-,33+,35-,38-/m1/s1. The van der Waals surface area contributed by atoms with Crippen LogP contribution in [0.3, 0.4) is 0 Å². The molecule has 0 spiro atoms. The average molecular weight is 794 g/mol. The number of imide groups is 1. The van der Waals surface area contributed by atoms with Gasteiger partial charge in [0.2, 0.25) is 11.8 Å². The molecule has 2 aliphatic heterocycles. The number of carbonyl (C=O) groups is 2. The molecule has 4 atom stereocenters. The van der Waals surface area contributed by atoms with E-state index in [0.717, 1.165) is 45.6 Å². The summed E-state index contributed by atoms with van der Waals surface area (Å²) >= 11 is 2.10. The SMILES string of the molecule is CCC1=C2[C@@H](CC/C(=C/c3cc(I)c(O)c(OC)c3)c3ccccc3)OB(O)C[C@@H]2[C@@H]2C(=O)N(c3ccc(Nc4ccccc4)cc3)C(=O)[C@@H]2C1. The Labute approximate surface area is 312 Å². The zero-order valence-corrected chi connectivity index (χ0v) is 30.7. The Morgan fingerprint density at radius 1 is 0.980 bits per heavy atom. The molecule has 0 unspecified atom stereocenters. The minimum Gasteiger partial charge on any atom is -0.504 e. The molecule has 0 aromatic heterocycles. The van der Waals surface area contributed by atoms with Gasteiger partial charge in [-0.2, -0.15) is 0 Å². The van der Waals surface area contributed by atoms with Crippen molar-refractivity contribution < 1.29 is 29.1 Å². The molecular weight excluding hydrogens is 754 g/mol. The van der Waals surface area contributed by atoms with Gasteiger partial charge in [0.05, 0.1) is 34.3 Å². The quantitative estimate of drug-likeness (QED) is 0.0486. The molecule has 2 saturated heterocycles. The van der Waals surface area contributed by atoms with Crippen molar-refractivity contribution in [3.05, 3.63) is 123 Å². The fourth-order valence-electron chi connectivity index (χ4n) is 8.01. The lowest BCUT2D eigenvalue weighted by Gasteiger charge is -2.43. The molecule has 0 bridgehead atoms. The lowest BCUT2D eigenvalue weighted by atomic mass is 9.58. The highest BCUT2D eigenvalue weighted by Gasteiger charge is 2.57. The van der Waals surface area contributed by atoms with E-state index in [1.807, 2.05) is 84.9 Å². The predicted molar refractivity (Wildman–Crippen MR) is 210 cm³/mol. The van der Waals surface area contributed by atoms with E-state index in [2.05, 4.69) is 53.0 Å². The summed E-state index contributed by atoms with van der Waals surface area (Å²) in [5, 5.41) is 24.9. The second kappa shape index (κ2) is 15.1. The van der Waals surface area contributed by atoms with Crippen molar-refractivity contribution in [3.63, 3.8) is 0 Å². The van der Waals surface area contributed by atoms with Crippen molar-refractivity contribution >= 4 is 70.2 Å². The van der Waals surface area contributed by atoms with Gasteiger partial charge in [0.15, 0.2) is 11.5 Å². The number of fused-ring (bicyclic) bond motifs is 3. The second-order valence-corrected chi connectivity index (χ2v) is 14.5. The number of nitrogens with zero attached hydrogens (tertiary/aromatic N) is 1. The molecule has 7 rings (SSSR count). The number of benzene rings is 4.